The van der Waals surface area contributed by atoms with Gasteiger partial charge in [-0.2, -0.15) is 5.26 Å². The maximum absolute atomic E-state index is 13.1. The van der Waals surface area contributed by atoms with Crippen LogP contribution in [0, 0.1) is 17.1 Å². The number of halogens is 1. The van der Waals surface area contributed by atoms with Crippen molar-refractivity contribution in [3.63, 3.8) is 0 Å². The Labute approximate surface area is 119 Å². The van der Waals surface area contributed by atoms with Crippen LogP contribution < -0.4 is 9.47 Å². The van der Waals surface area contributed by atoms with Gasteiger partial charge in [-0.25, -0.2) is 9.18 Å². The van der Waals surface area contributed by atoms with Crippen molar-refractivity contribution in [2.24, 2.45) is 0 Å². The smallest absolute Gasteiger partial charge is 0.339 e. The second-order valence-corrected chi connectivity index (χ2v) is 4.00. The SMILES string of the molecule is COc1cccc(C(=O)O)c1Oc1ccc(F)cc1C#N. The summed E-state index contributed by atoms with van der Waals surface area (Å²) in [7, 11) is 1.36. The fourth-order valence-corrected chi connectivity index (χ4v) is 1.74. The summed E-state index contributed by atoms with van der Waals surface area (Å²) in [5, 5.41) is 18.2. The van der Waals surface area contributed by atoms with Crippen LogP contribution in [0.4, 0.5) is 4.39 Å². The van der Waals surface area contributed by atoms with E-state index >= 15 is 0 Å². The second kappa shape index (κ2) is 5.92. The minimum Gasteiger partial charge on any atom is -0.493 e. The summed E-state index contributed by atoms with van der Waals surface area (Å²) in [6, 6.07) is 9.54. The van der Waals surface area contributed by atoms with Gasteiger partial charge in [-0.1, -0.05) is 6.07 Å². The molecule has 0 saturated carbocycles. The van der Waals surface area contributed by atoms with E-state index in [1.165, 1.54) is 31.4 Å². The lowest BCUT2D eigenvalue weighted by atomic mass is 10.1. The Morgan fingerprint density at radius 2 is 2.05 bits per heavy atom. The second-order valence-electron chi connectivity index (χ2n) is 4.00. The van der Waals surface area contributed by atoms with Gasteiger partial charge in [0, 0.05) is 0 Å². The Balaban J connectivity index is 2.54. The van der Waals surface area contributed by atoms with Crippen molar-refractivity contribution in [1.82, 2.24) is 0 Å². The quantitative estimate of drug-likeness (QED) is 0.934. The average Bonchev–Trinajstić information content (AvgIpc) is 2.48. The van der Waals surface area contributed by atoms with E-state index in [4.69, 9.17) is 14.7 Å². The van der Waals surface area contributed by atoms with E-state index in [2.05, 4.69) is 0 Å². The van der Waals surface area contributed by atoms with Crippen LogP contribution in [0.3, 0.4) is 0 Å². The molecule has 0 fully saturated rings. The van der Waals surface area contributed by atoms with Gasteiger partial charge in [0.2, 0.25) is 0 Å². The molecule has 0 aliphatic heterocycles. The zero-order valence-electron chi connectivity index (χ0n) is 11.0. The summed E-state index contributed by atoms with van der Waals surface area (Å²) in [6.45, 7) is 0. The highest BCUT2D eigenvalue weighted by Crippen LogP contribution is 2.36. The summed E-state index contributed by atoms with van der Waals surface area (Å²) in [5.41, 5.74) is -0.167. The molecule has 6 heteroatoms. The van der Waals surface area contributed by atoms with Crippen LogP contribution in [-0.2, 0) is 0 Å². The van der Waals surface area contributed by atoms with Gasteiger partial charge in [0.15, 0.2) is 11.5 Å². The molecule has 0 amide bonds. The van der Waals surface area contributed by atoms with E-state index in [9.17, 15) is 14.3 Å². The zero-order valence-corrected chi connectivity index (χ0v) is 11.0. The van der Waals surface area contributed by atoms with Crippen LogP contribution in [0.1, 0.15) is 15.9 Å². The van der Waals surface area contributed by atoms with Crippen molar-refractivity contribution in [3.8, 4) is 23.3 Å². The Kier molecular flexibility index (Phi) is 4.05. The van der Waals surface area contributed by atoms with Gasteiger partial charge in [0.25, 0.3) is 0 Å². The third-order valence-electron chi connectivity index (χ3n) is 2.70. The highest BCUT2D eigenvalue weighted by atomic mass is 19.1. The first kappa shape index (κ1) is 14.3. The van der Waals surface area contributed by atoms with Crippen LogP contribution in [-0.4, -0.2) is 18.2 Å². The van der Waals surface area contributed by atoms with Crippen molar-refractivity contribution < 1.29 is 23.8 Å². The maximum Gasteiger partial charge on any atom is 0.339 e. The molecule has 0 aliphatic carbocycles. The lowest BCUT2D eigenvalue weighted by Gasteiger charge is -2.13. The van der Waals surface area contributed by atoms with Crippen molar-refractivity contribution in [2.75, 3.05) is 7.11 Å². The molecule has 2 aromatic carbocycles. The van der Waals surface area contributed by atoms with E-state index in [-0.39, 0.29) is 28.4 Å². The Morgan fingerprint density at radius 1 is 1.29 bits per heavy atom. The normalized spacial score (nSPS) is 9.76. The molecule has 0 atom stereocenters. The predicted molar refractivity (Wildman–Crippen MR) is 71.1 cm³/mol. The molecule has 2 rings (SSSR count). The molecule has 5 nitrogen and oxygen atoms in total. The molecule has 21 heavy (non-hydrogen) atoms. The van der Waals surface area contributed by atoms with Gasteiger partial charge in [-0.3, -0.25) is 0 Å². The van der Waals surface area contributed by atoms with Gasteiger partial charge in [0.1, 0.15) is 23.2 Å². The molecule has 1 N–H and O–H groups in total. The Hall–Kier alpha value is -3.07. The molecule has 0 aromatic heterocycles. The number of methoxy groups -OCH3 is 1. The van der Waals surface area contributed by atoms with Gasteiger partial charge in [-0.15, -0.1) is 0 Å². The minimum atomic E-state index is -1.20. The van der Waals surface area contributed by atoms with Gasteiger partial charge >= 0.3 is 5.97 Å². The number of nitrogens with zero attached hydrogens (tertiary/aromatic N) is 1. The zero-order chi connectivity index (χ0) is 15.4. The van der Waals surface area contributed by atoms with Gasteiger partial charge < -0.3 is 14.6 Å². The Bertz CT molecular complexity index is 737. The molecule has 0 aliphatic rings. The van der Waals surface area contributed by atoms with E-state index in [1.807, 2.05) is 0 Å². The summed E-state index contributed by atoms with van der Waals surface area (Å²) in [6.07, 6.45) is 0. The van der Waals surface area contributed by atoms with Crippen molar-refractivity contribution >= 4 is 5.97 Å². The monoisotopic (exact) mass is 287 g/mol. The molecular formula is C15H10FNO4. The summed E-state index contributed by atoms with van der Waals surface area (Å²) in [4.78, 5) is 11.2. The fourth-order valence-electron chi connectivity index (χ4n) is 1.74. The van der Waals surface area contributed by atoms with Crippen molar-refractivity contribution in [2.45, 2.75) is 0 Å². The van der Waals surface area contributed by atoms with Crippen molar-refractivity contribution in [1.29, 1.82) is 5.26 Å². The van der Waals surface area contributed by atoms with E-state index in [0.29, 0.717) is 0 Å². The molecular weight excluding hydrogens is 277 g/mol. The molecule has 0 unspecified atom stereocenters. The number of carbonyl (C=O) groups is 1. The fraction of sp³-hybridized carbons (Fsp3) is 0.0667. The first-order valence-electron chi connectivity index (χ1n) is 5.84. The number of hydrogen-bond donors (Lipinski definition) is 1. The Morgan fingerprint density at radius 3 is 2.67 bits per heavy atom. The van der Waals surface area contributed by atoms with Crippen LogP contribution in [0.15, 0.2) is 36.4 Å². The molecule has 0 radical (unpaired) electrons. The number of benzene rings is 2. The van der Waals surface area contributed by atoms with E-state index < -0.39 is 11.8 Å². The highest BCUT2D eigenvalue weighted by molar-refractivity contribution is 5.92. The predicted octanol–water partition coefficient (Wildman–Crippen LogP) is 3.20. The largest absolute Gasteiger partial charge is 0.493 e. The first-order chi connectivity index (χ1) is 10.1. The molecule has 0 bridgehead atoms. The van der Waals surface area contributed by atoms with E-state index in [0.717, 1.165) is 12.1 Å². The summed E-state index contributed by atoms with van der Waals surface area (Å²) < 4.78 is 23.6. The number of carboxylic acid groups (broad SMARTS) is 1. The topological polar surface area (TPSA) is 79.6 Å². The average molecular weight is 287 g/mol. The molecule has 0 spiro atoms. The summed E-state index contributed by atoms with van der Waals surface area (Å²) in [5.74, 6) is -1.59. The number of carboxylic acids is 1. The van der Waals surface area contributed by atoms with Crippen LogP contribution >= 0.6 is 0 Å². The van der Waals surface area contributed by atoms with Crippen LogP contribution in [0.25, 0.3) is 0 Å². The summed E-state index contributed by atoms with van der Waals surface area (Å²) >= 11 is 0. The van der Waals surface area contributed by atoms with Gasteiger partial charge in [-0.05, 0) is 30.3 Å². The molecule has 0 saturated heterocycles. The number of aromatic carboxylic acids is 1. The molecule has 2 aromatic rings. The first-order valence-corrected chi connectivity index (χ1v) is 5.84. The molecule has 0 heterocycles. The van der Waals surface area contributed by atoms with Crippen molar-refractivity contribution in [3.05, 3.63) is 53.3 Å². The lowest BCUT2D eigenvalue weighted by molar-refractivity contribution is 0.0693. The van der Waals surface area contributed by atoms with Crippen LogP contribution in [0.5, 0.6) is 17.2 Å². The number of hydrogen-bond acceptors (Lipinski definition) is 4. The standard InChI is InChI=1S/C15H10FNO4/c1-20-13-4-2-3-11(15(18)19)14(13)21-12-6-5-10(16)7-9(12)8-17/h2-7H,1H3,(H,18,19). The van der Waals surface area contributed by atoms with Crippen LogP contribution in [0.2, 0.25) is 0 Å². The lowest BCUT2D eigenvalue weighted by Crippen LogP contribution is -2.02. The third-order valence-corrected chi connectivity index (χ3v) is 2.70. The third kappa shape index (κ3) is 2.92. The number of para-hydroxylation sites is 1. The maximum atomic E-state index is 13.1. The van der Waals surface area contributed by atoms with E-state index in [1.54, 1.807) is 6.07 Å². The minimum absolute atomic E-state index is 0.0442. The number of rotatable bonds is 4. The number of ether oxygens (including phenoxy) is 2. The van der Waals surface area contributed by atoms with Gasteiger partial charge in [0.05, 0.1) is 12.7 Å². The molecule has 106 valence electrons. The highest BCUT2D eigenvalue weighted by Gasteiger charge is 2.18. The number of nitriles is 1.